The monoisotopic (exact) mass is 317 g/mol. The van der Waals surface area contributed by atoms with Crippen LogP contribution in [-0.4, -0.2) is 60.2 Å². The van der Waals surface area contributed by atoms with E-state index in [4.69, 9.17) is 0 Å². The number of hydrogen-bond donors (Lipinski definition) is 0. The molecule has 2 bridgehead atoms. The summed E-state index contributed by atoms with van der Waals surface area (Å²) in [4.78, 5) is 20.9. The molecule has 0 radical (unpaired) electrons. The van der Waals surface area contributed by atoms with Gasteiger partial charge >= 0.3 is 0 Å². The quantitative estimate of drug-likeness (QED) is 0.798. The lowest BCUT2D eigenvalue weighted by molar-refractivity contribution is -0.133. The Labute approximate surface area is 137 Å². The minimum absolute atomic E-state index is 0.109. The van der Waals surface area contributed by atoms with E-state index in [9.17, 15) is 9.18 Å². The van der Waals surface area contributed by atoms with Crippen molar-refractivity contribution in [2.45, 2.75) is 44.8 Å². The summed E-state index contributed by atoms with van der Waals surface area (Å²) in [5.41, 5.74) is 1.18. The average molecular weight is 317 g/mol. The van der Waals surface area contributed by atoms with Crippen LogP contribution in [0.3, 0.4) is 0 Å². The van der Waals surface area contributed by atoms with E-state index in [-0.39, 0.29) is 18.1 Å². The van der Waals surface area contributed by atoms with E-state index in [1.54, 1.807) is 13.1 Å². The van der Waals surface area contributed by atoms with Gasteiger partial charge in [-0.2, -0.15) is 0 Å². The number of carbonyl (C=O) groups excluding carboxylic acids is 1. The molecular formula is C18H24FN3O. The molecule has 5 heteroatoms. The number of amides is 1. The molecule has 3 rings (SSSR count). The smallest absolute Gasteiger partial charge is 0.227 e. The number of rotatable bonds is 4. The van der Waals surface area contributed by atoms with Crippen LogP contribution in [-0.2, 0) is 11.2 Å². The zero-order valence-electron chi connectivity index (χ0n) is 14.0. The third kappa shape index (κ3) is 3.15. The Hall–Kier alpha value is -1.75. The summed E-state index contributed by atoms with van der Waals surface area (Å²) >= 11 is 0. The van der Waals surface area contributed by atoms with E-state index in [1.165, 1.54) is 12.3 Å². The predicted molar refractivity (Wildman–Crippen MR) is 89.4 cm³/mol. The molecule has 2 aliphatic heterocycles. The fourth-order valence-electron chi connectivity index (χ4n) is 3.84. The van der Waals surface area contributed by atoms with Crippen molar-refractivity contribution in [3.05, 3.63) is 35.1 Å². The Balaban J connectivity index is 1.64. The number of nitrogens with zero attached hydrogens (tertiary/aromatic N) is 3. The van der Waals surface area contributed by atoms with Crippen molar-refractivity contribution in [3.8, 4) is 0 Å². The average Bonchev–Trinajstić information content (AvgIpc) is 3.10. The number of carbonyl (C=O) groups is 1. The van der Waals surface area contributed by atoms with Gasteiger partial charge in [0.25, 0.3) is 0 Å². The Morgan fingerprint density at radius 2 is 2.17 bits per heavy atom. The molecule has 124 valence electrons. The van der Waals surface area contributed by atoms with E-state index >= 15 is 0 Å². The number of piperazine rings is 1. The van der Waals surface area contributed by atoms with Crippen LogP contribution in [0.4, 0.5) is 4.39 Å². The molecule has 2 heterocycles. The third-order valence-corrected chi connectivity index (χ3v) is 4.95. The van der Waals surface area contributed by atoms with E-state index in [2.05, 4.69) is 23.7 Å². The van der Waals surface area contributed by atoms with Gasteiger partial charge in [0, 0.05) is 50.0 Å². The molecule has 2 saturated heterocycles. The highest BCUT2D eigenvalue weighted by Crippen LogP contribution is 2.32. The number of aliphatic imine (C=N–C) groups is 1. The SMILES string of the molecule is CN=Cc1ccc(CC(=O)N2C[C@H]3C[C@@H]2CN3C(C)C)cc1F. The summed E-state index contributed by atoms with van der Waals surface area (Å²) in [6.45, 7) is 6.19. The molecule has 1 aromatic carbocycles. The van der Waals surface area contributed by atoms with Gasteiger partial charge in [0.05, 0.1) is 6.42 Å². The van der Waals surface area contributed by atoms with Crippen molar-refractivity contribution in [2.24, 2.45) is 4.99 Å². The minimum atomic E-state index is -0.324. The van der Waals surface area contributed by atoms with Gasteiger partial charge in [-0.15, -0.1) is 0 Å². The molecule has 0 aliphatic carbocycles. The molecule has 0 N–H and O–H groups in total. The van der Waals surface area contributed by atoms with Gasteiger partial charge in [-0.05, 0) is 31.9 Å². The van der Waals surface area contributed by atoms with Gasteiger partial charge in [0.15, 0.2) is 0 Å². The van der Waals surface area contributed by atoms with Gasteiger partial charge in [0.2, 0.25) is 5.91 Å². The molecular weight excluding hydrogens is 293 g/mol. The topological polar surface area (TPSA) is 35.9 Å². The van der Waals surface area contributed by atoms with E-state index in [0.29, 0.717) is 23.7 Å². The Bertz CT molecular complexity index is 629. The number of likely N-dealkylation sites (tertiary alicyclic amines) is 2. The number of fused-ring (bicyclic) bond motifs is 2. The summed E-state index contributed by atoms with van der Waals surface area (Å²) < 4.78 is 13.9. The summed E-state index contributed by atoms with van der Waals surface area (Å²) in [5.74, 6) is -0.216. The molecule has 0 saturated carbocycles. The van der Waals surface area contributed by atoms with Gasteiger partial charge in [-0.3, -0.25) is 14.7 Å². The molecule has 0 unspecified atom stereocenters. The summed E-state index contributed by atoms with van der Waals surface area (Å²) in [5, 5.41) is 0. The lowest BCUT2D eigenvalue weighted by Crippen LogP contribution is -2.51. The minimum Gasteiger partial charge on any atom is -0.337 e. The van der Waals surface area contributed by atoms with Gasteiger partial charge in [-0.1, -0.05) is 12.1 Å². The maximum atomic E-state index is 13.9. The molecule has 23 heavy (non-hydrogen) atoms. The van der Waals surface area contributed by atoms with Crippen molar-refractivity contribution in [3.63, 3.8) is 0 Å². The first-order valence-electron chi connectivity index (χ1n) is 8.25. The first-order valence-corrected chi connectivity index (χ1v) is 8.25. The van der Waals surface area contributed by atoms with Crippen molar-refractivity contribution in [1.29, 1.82) is 0 Å². The largest absolute Gasteiger partial charge is 0.337 e. The maximum Gasteiger partial charge on any atom is 0.227 e. The lowest BCUT2D eigenvalue weighted by atomic mass is 10.1. The third-order valence-electron chi connectivity index (χ3n) is 4.95. The molecule has 0 aromatic heterocycles. The van der Waals surface area contributed by atoms with Gasteiger partial charge in [-0.25, -0.2) is 4.39 Å². The molecule has 1 amide bonds. The van der Waals surface area contributed by atoms with Crippen molar-refractivity contribution in [2.75, 3.05) is 20.1 Å². The Morgan fingerprint density at radius 1 is 1.39 bits per heavy atom. The highest BCUT2D eigenvalue weighted by atomic mass is 19.1. The predicted octanol–water partition coefficient (Wildman–Crippen LogP) is 2.11. The van der Waals surface area contributed by atoms with Crippen molar-refractivity contribution < 1.29 is 9.18 Å². The lowest BCUT2D eigenvalue weighted by Gasteiger charge is -2.36. The molecule has 0 spiro atoms. The standard InChI is InChI=1S/C18H24FN3O/c1-12(2)21-10-16-8-15(21)11-22(16)18(23)7-13-4-5-14(9-20-3)17(19)6-13/h4-6,9,12,15-16H,7-8,10-11H2,1-3H3/t15-,16-/m1/s1. The Morgan fingerprint density at radius 3 is 2.74 bits per heavy atom. The molecule has 2 aliphatic rings. The van der Waals surface area contributed by atoms with E-state index in [1.807, 2.05) is 11.0 Å². The van der Waals surface area contributed by atoms with E-state index in [0.717, 1.165) is 25.1 Å². The summed E-state index contributed by atoms with van der Waals surface area (Å²) in [6.07, 6.45) is 2.83. The van der Waals surface area contributed by atoms with Crippen LogP contribution in [0.1, 0.15) is 31.4 Å². The molecule has 2 fully saturated rings. The second kappa shape index (κ2) is 6.40. The highest BCUT2D eigenvalue weighted by molar-refractivity contribution is 5.82. The molecule has 2 atom stereocenters. The normalized spacial score (nSPS) is 24.3. The van der Waals surface area contributed by atoms with Crippen LogP contribution >= 0.6 is 0 Å². The fraction of sp³-hybridized carbons (Fsp3) is 0.556. The maximum absolute atomic E-state index is 13.9. The zero-order chi connectivity index (χ0) is 16.6. The van der Waals surface area contributed by atoms with E-state index < -0.39 is 0 Å². The van der Waals surface area contributed by atoms with Gasteiger partial charge in [0.1, 0.15) is 5.82 Å². The number of hydrogen-bond acceptors (Lipinski definition) is 3. The second-order valence-corrected chi connectivity index (χ2v) is 6.80. The second-order valence-electron chi connectivity index (χ2n) is 6.80. The van der Waals surface area contributed by atoms with Crippen LogP contribution in [0.5, 0.6) is 0 Å². The van der Waals surface area contributed by atoms with Gasteiger partial charge < -0.3 is 4.90 Å². The molecule has 4 nitrogen and oxygen atoms in total. The molecule has 1 aromatic rings. The first kappa shape index (κ1) is 16.1. The highest BCUT2D eigenvalue weighted by Gasteiger charge is 2.45. The number of benzene rings is 1. The summed E-state index contributed by atoms with van der Waals surface area (Å²) in [6, 6.07) is 6.29. The van der Waals surface area contributed by atoms with Crippen molar-refractivity contribution >= 4 is 12.1 Å². The van der Waals surface area contributed by atoms with Crippen LogP contribution in [0.25, 0.3) is 0 Å². The zero-order valence-corrected chi connectivity index (χ0v) is 14.0. The Kier molecular flexibility index (Phi) is 4.48. The fourth-order valence-corrected chi connectivity index (χ4v) is 3.84. The first-order chi connectivity index (χ1) is 11.0. The van der Waals surface area contributed by atoms with Crippen molar-refractivity contribution in [1.82, 2.24) is 9.80 Å². The van der Waals surface area contributed by atoms with Crippen LogP contribution in [0, 0.1) is 5.82 Å². The number of halogens is 1. The van der Waals surface area contributed by atoms with Crippen LogP contribution < -0.4 is 0 Å². The van der Waals surface area contributed by atoms with Crippen LogP contribution in [0.15, 0.2) is 23.2 Å². The van der Waals surface area contributed by atoms with Crippen LogP contribution in [0.2, 0.25) is 0 Å². The summed E-state index contributed by atoms with van der Waals surface area (Å²) in [7, 11) is 1.61.